The van der Waals surface area contributed by atoms with Crippen molar-refractivity contribution in [1.29, 1.82) is 0 Å². The number of ether oxygens (including phenoxy) is 2. The first kappa shape index (κ1) is 11.2. The highest BCUT2D eigenvalue weighted by atomic mass is 19.1. The second-order valence-corrected chi connectivity index (χ2v) is 3.30. The normalized spacial score (nSPS) is 10.0. The lowest BCUT2D eigenvalue weighted by Gasteiger charge is -2.08. The van der Waals surface area contributed by atoms with Gasteiger partial charge in [0.2, 0.25) is 5.88 Å². The van der Waals surface area contributed by atoms with Crippen LogP contribution in [0.25, 0.3) is 0 Å². The molecule has 1 heterocycles. The lowest BCUT2D eigenvalue weighted by atomic mass is 10.3. The monoisotopic (exact) mass is 234 g/mol. The summed E-state index contributed by atoms with van der Waals surface area (Å²) in [7, 11) is 1.53. The number of nitrogens with zero attached hydrogens (tertiary/aromatic N) is 1. The Morgan fingerprint density at radius 2 is 2.06 bits per heavy atom. The number of benzene rings is 1. The van der Waals surface area contributed by atoms with E-state index in [0.717, 1.165) is 0 Å². The Morgan fingerprint density at radius 3 is 2.65 bits per heavy atom. The summed E-state index contributed by atoms with van der Waals surface area (Å²) in [4.78, 5) is 3.96. The largest absolute Gasteiger partial charge is 0.495 e. The van der Waals surface area contributed by atoms with Crippen LogP contribution in [-0.2, 0) is 0 Å². The number of hydrogen-bond donors (Lipinski definition) is 1. The topological polar surface area (TPSA) is 57.4 Å². The van der Waals surface area contributed by atoms with Gasteiger partial charge in [-0.25, -0.2) is 9.37 Å². The number of nitrogens with two attached hydrogens (primary N) is 1. The van der Waals surface area contributed by atoms with Gasteiger partial charge in [-0.15, -0.1) is 0 Å². The molecule has 2 N–H and O–H groups in total. The lowest BCUT2D eigenvalue weighted by molar-refractivity contribution is 0.404. The maximum atomic E-state index is 13.4. The zero-order valence-corrected chi connectivity index (χ0v) is 9.18. The summed E-state index contributed by atoms with van der Waals surface area (Å²) in [5, 5.41) is 0. The number of methoxy groups -OCH3 is 1. The number of aromatic nitrogens is 1. The van der Waals surface area contributed by atoms with Gasteiger partial charge in [0.25, 0.3) is 0 Å². The molecule has 0 fully saturated rings. The molecule has 88 valence electrons. The van der Waals surface area contributed by atoms with Crippen LogP contribution in [0.3, 0.4) is 0 Å². The average Bonchev–Trinajstić information content (AvgIpc) is 2.35. The summed E-state index contributed by atoms with van der Waals surface area (Å²) in [6.45, 7) is 0. The fourth-order valence-corrected chi connectivity index (χ4v) is 1.29. The van der Waals surface area contributed by atoms with E-state index in [2.05, 4.69) is 4.98 Å². The average molecular weight is 234 g/mol. The van der Waals surface area contributed by atoms with Gasteiger partial charge in [-0.2, -0.15) is 0 Å². The van der Waals surface area contributed by atoms with E-state index in [0.29, 0.717) is 5.75 Å². The van der Waals surface area contributed by atoms with Crippen molar-refractivity contribution in [3.8, 4) is 17.4 Å². The van der Waals surface area contributed by atoms with E-state index in [9.17, 15) is 4.39 Å². The smallest absolute Gasteiger partial charge is 0.219 e. The molecule has 0 bridgehead atoms. The Hall–Kier alpha value is -2.30. The molecular weight excluding hydrogens is 223 g/mol. The van der Waals surface area contributed by atoms with E-state index in [1.165, 1.54) is 25.4 Å². The highest BCUT2D eigenvalue weighted by molar-refractivity contribution is 5.54. The Labute approximate surface area is 97.8 Å². The molecule has 0 radical (unpaired) electrons. The molecule has 0 atom stereocenters. The van der Waals surface area contributed by atoms with E-state index < -0.39 is 5.82 Å². The molecule has 0 spiro atoms. The molecular formula is C12H11FN2O2. The molecule has 1 aromatic carbocycles. The molecule has 5 heteroatoms. The quantitative estimate of drug-likeness (QED) is 0.829. The second-order valence-electron chi connectivity index (χ2n) is 3.30. The summed E-state index contributed by atoms with van der Waals surface area (Å²) in [5.74, 6) is 0.300. The van der Waals surface area contributed by atoms with Crippen molar-refractivity contribution in [3.63, 3.8) is 0 Å². The standard InChI is InChI=1S/C12H11FN2O2/c1-16-8-5-6-11(15-7-8)17-12-9(13)3-2-4-10(12)14/h2-7H,14H2,1H3. The van der Waals surface area contributed by atoms with Crippen LogP contribution in [0.15, 0.2) is 36.5 Å². The Morgan fingerprint density at radius 1 is 1.24 bits per heavy atom. The van der Waals surface area contributed by atoms with Crippen molar-refractivity contribution < 1.29 is 13.9 Å². The van der Waals surface area contributed by atoms with E-state index in [1.54, 1.807) is 18.2 Å². The van der Waals surface area contributed by atoms with Gasteiger partial charge in [-0.3, -0.25) is 0 Å². The van der Waals surface area contributed by atoms with Crippen LogP contribution in [0.2, 0.25) is 0 Å². The van der Waals surface area contributed by atoms with E-state index in [-0.39, 0.29) is 17.3 Å². The molecule has 0 saturated heterocycles. The number of anilines is 1. The van der Waals surface area contributed by atoms with Crippen LogP contribution in [-0.4, -0.2) is 12.1 Å². The van der Waals surface area contributed by atoms with Gasteiger partial charge < -0.3 is 15.2 Å². The Kier molecular flexibility index (Phi) is 3.09. The maximum Gasteiger partial charge on any atom is 0.219 e. The third-order valence-electron chi connectivity index (χ3n) is 2.15. The Balaban J connectivity index is 2.25. The van der Waals surface area contributed by atoms with Crippen molar-refractivity contribution in [2.75, 3.05) is 12.8 Å². The maximum absolute atomic E-state index is 13.4. The molecule has 0 aliphatic rings. The second kappa shape index (κ2) is 4.69. The van der Waals surface area contributed by atoms with Crippen LogP contribution >= 0.6 is 0 Å². The highest BCUT2D eigenvalue weighted by Gasteiger charge is 2.09. The summed E-state index contributed by atoms with van der Waals surface area (Å²) in [5.41, 5.74) is 5.83. The van der Waals surface area contributed by atoms with Crippen LogP contribution in [0.1, 0.15) is 0 Å². The molecule has 0 saturated carbocycles. The van der Waals surface area contributed by atoms with Gasteiger partial charge >= 0.3 is 0 Å². The fourth-order valence-electron chi connectivity index (χ4n) is 1.29. The minimum Gasteiger partial charge on any atom is -0.495 e. The summed E-state index contributed by atoms with van der Waals surface area (Å²) in [6, 6.07) is 7.58. The van der Waals surface area contributed by atoms with E-state index in [1.807, 2.05) is 0 Å². The SMILES string of the molecule is COc1ccc(Oc2c(N)cccc2F)nc1. The number of rotatable bonds is 3. The van der Waals surface area contributed by atoms with E-state index >= 15 is 0 Å². The van der Waals surface area contributed by atoms with Gasteiger partial charge in [0.05, 0.1) is 19.0 Å². The summed E-state index contributed by atoms with van der Waals surface area (Å²) in [6.07, 6.45) is 1.48. The zero-order valence-electron chi connectivity index (χ0n) is 9.18. The molecule has 4 nitrogen and oxygen atoms in total. The number of pyridine rings is 1. The molecule has 0 unspecified atom stereocenters. The van der Waals surface area contributed by atoms with Crippen molar-refractivity contribution in [3.05, 3.63) is 42.3 Å². The third-order valence-corrected chi connectivity index (χ3v) is 2.15. The van der Waals surface area contributed by atoms with Crippen LogP contribution in [0, 0.1) is 5.82 Å². The zero-order chi connectivity index (χ0) is 12.3. The lowest BCUT2D eigenvalue weighted by Crippen LogP contribution is -1.96. The third kappa shape index (κ3) is 2.44. The predicted molar refractivity (Wildman–Crippen MR) is 61.7 cm³/mol. The highest BCUT2D eigenvalue weighted by Crippen LogP contribution is 2.29. The molecule has 2 aromatic rings. The van der Waals surface area contributed by atoms with Gasteiger partial charge in [0.1, 0.15) is 5.75 Å². The van der Waals surface area contributed by atoms with Gasteiger partial charge in [0.15, 0.2) is 11.6 Å². The summed E-state index contributed by atoms with van der Waals surface area (Å²) < 4.78 is 23.6. The molecule has 0 aliphatic carbocycles. The van der Waals surface area contributed by atoms with Gasteiger partial charge in [0, 0.05) is 6.07 Å². The number of hydrogen-bond acceptors (Lipinski definition) is 4. The molecule has 1 aromatic heterocycles. The molecule has 17 heavy (non-hydrogen) atoms. The van der Waals surface area contributed by atoms with Gasteiger partial charge in [-0.1, -0.05) is 6.07 Å². The van der Waals surface area contributed by atoms with Crippen molar-refractivity contribution in [2.24, 2.45) is 0 Å². The van der Waals surface area contributed by atoms with Crippen molar-refractivity contribution in [2.45, 2.75) is 0 Å². The number of halogens is 1. The minimum atomic E-state index is -0.525. The number of nitrogen functional groups attached to an aromatic ring is 1. The Bertz CT molecular complexity index is 494. The molecule has 2 rings (SSSR count). The van der Waals surface area contributed by atoms with Gasteiger partial charge in [-0.05, 0) is 18.2 Å². The van der Waals surface area contributed by atoms with E-state index in [4.69, 9.17) is 15.2 Å². The van der Waals surface area contributed by atoms with Crippen molar-refractivity contribution in [1.82, 2.24) is 4.98 Å². The minimum absolute atomic E-state index is 0.0230. The van der Waals surface area contributed by atoms with Crippen molar-refractivity contribution >= 4 is 5.69 Å². The van der Waals surface area contributed by atoms with Crippen LogP contribution in [0.4, 0.5) is 10.1 Å². The summed E-state index contributed by atoms with van der Waals surface area (Å²) >= 11 is 0. The first-order valence-corrected chi connectivity index (χ1v) is 4.92. The molecule has 0 amide bonds. The predicted octanol–water partition coefficient (Wildman–Crippen LogP) is 2.60. The fraction of sp³-hybridized carbons (Fsp3) is 0.0833. The first-order valence-electron chi connectivity index (χ1n) is 4.92. The van der Waals surface area contributed by atoms with Crippen LogP contribution in [0.5, 0.6) is 17.4 Å². The number of para-hydroxylation sites is 1. The van der Waals surface area contributed by atoms with Crippen LogP contribution < -0.4 is 15.2 Å². The molecule has 0 aliphatic heterocycles. The first-order chi connectivity index (χ1) is 8.20.